The topological polar surface area (TPSA) is 35.2 Å². The summed E-state index contributed by atoms with van der Waals surface area (Å²) in [5.74, 6) is 0.784. The largest absolute Gasteiger partial charge is 0.494 e. The molecule has 0 fully saturated rings. The van der Waals surface area contributed by atoms with Gasteiger partial charge in [0.1, 0.15) is 11.4 Å². The third kappa shape index (κ3) is 3.70. The molecule has 17 heavy (non-hydrogen) atoms. The highest BCUT2D eigenvalue weighted by Crippen LogP contribution is 2.31. The second-order valence-electron chi connectivity index (χ2n) is 4.29. The van der Waals surface area contributed by atoms with Gasteiger partial charge in [0, 0.05) is 6.54 Å². The molecule has 0 saturated heterocycles. The lowest BCUT2D eigenvalue weighted by Crippen LogP contribution is -2.30. The molecule has 0 heterocycles. The van der Waals surface area contributed by atoms with Crippen LogP contribution in [-0.4, -0.2) is 13.2 Å². The number of hydrogen-bond donors (Lipinski definition) is 1. The maximum absolute atomic E-state index is 14.5. The first-order valence-electron chi connectivity index (χ1n) is 6.28. The van der Waals surface area contributed by atoms with Gasteiger partial charge in [-0.3, -0.25) is 0 Å². The molecule has 0 aliphatic heterocycles. The zero-order valence-electron chi connectivity index (χ0n) is 10.7. The van der Waals surface area contributed by atoms with Crippen LogP contribution in [-0.2, 0) is 5.67 Å². The van der Waals surface area contributed by atoms with Crippen molar-refractivity contribution in [2.75, 3.05) is 13.2 Å². The van der Waals surface area contributed by atoms with Gasteiger partial charge in [0.05, 0.1) is 6.61 Å². The Kier molecular flexibility index (Phi) is 5.42. The number of ether oxygens (including phenoxy) is 1. The lowest BCUT2D eigenvalue weighted by molar-refractivity contribution is 0.159. The Morgan fingerprint density at radius 3 is 2.29 bits per heavy atom. The van der Waals surface area contributed by atoms with Crippen LogP contribution >= 0.6 is 0 Å². The number of halogens is 1. The molecule has 1 unspecified atom stereocenters. The highest BCUT2D eigenvalue weighted by atomic mass is 19.1. The van der Waals surface area contributed by atoms with Gasteiger partial charge in [-0.2, -0.15) is 0 Å². The highest BCUT2D eigenvalue weighted by molar-refractivity contribution is 5.31. The Morgan fingerprint density at radius 1 is 1.18 bits per heavy atom. The van der Waals surface area contributed by atoms with Gasteiger partial charge in [-0.1, -0.05) is 32.4 Å². The summed E-state index contributed by atoms with van der Waals surface area (Å²) in [6, 6.07) is 7.16. The second-order valence-corrected chi connectivity index (χ2v) is 4.29. The average Bonchev–Trinajstić information content (AvgIpc) is 2.37. The zero-order valence-corrected chi connectivity index (χ0v) is 10.7. The number of nitrogens with two attached hydrogens (primary N) is 1. The smallest absolute Gasteiger partial charge is 0.148 e. The summed E-state index contributed by atoms with van der Waals surface area (Å²) in [6.07, 6.45) is 2.20. The van der Waals surface area contributed by atoms with Crippen molar-refractivity contribution in [3.8, 4) is 5.75 Å². The summed E-state index contributed by atoms with van der Waals surface area (Å²) in [5.41, 5.74) is 4.78. The van der Waals surface area contributed by atoms with Crippen molar-refractivity contribution in [1.29, 1.82) is 0 Å². The summed E-state index contributed by atoms with van der Waals surface area (Å²) >= 11 is 0. The van der Waals surface area contributed by atoms with Gasteiger partial charge >= 0.3 is 0 Å². The number of hydrogen-bond acceptors (Lipinski definition) is 2. The summed E-state index contributed by atoms with van der Waals surface area (Å²) in [7, 11) is 0. The Hall–Kier alpha value is -1.09. The van der Waals surface area contributed by atoms with Crippen LogP contribution in [0.5, 0.6) is 5.75 Å². The molecule has 1 aromatic carbocycles. The Bertz CT molecular complexity index is 325. The first kappa shape index (κ1) is 14.0. The third-order valence-corrected chi connectivity index (χ3v) is 2.81. The minimum Gasteiger partial charge on any atom is -0.494 e. The average molecular weight is 239 g/mol. The van der Waals surface area contributed by atoms with Crippen molar-refractivity contribution >= 4 is 0 Å². The fourth-order valence-corrected chi connectivity index (χ4v) is 1.83. The highest BCUT2D eigenvalue weighted by Gasteiger charge is 2.29. The van der Waals surface area contributed by atoms with Crippen molar-refractivity contribution < 1.29 is 9.13 Å². The van der Waals surface area contributed by atoms with Gasteiger partial charge in [-0.25, -0.2) is 4.39 Å². The number of rotatable bonds is 7. The van der Waals surface area contributed by atoms with E-state index in [1.165, 1.54) is 0 Å². The monoisotopic (exact) mass is 239 g/mol. The van der Waals surface area contributed by atoms with Crippen LogP contribution in [0.15, 0.2) is 24.3 Å². The van der Waals surface area contributed by atoms with Gasteiger partial charge in [0.15, 0.2) is 0 Å². The van der Waals surface area contributed by atoms with Gasteiger partial charge in [0.25, 0.3) is 0 Å². The normalized spacial score (nSPS) is 14.4. The molecular formula is C14H22FNO. The van der Waals surface area contributed by atoms with E-state index in [4.69, 9.17) is 10.5 Å². The second kappa shape index (κ2) is 6.60. The molecule has 2 N–H and O–H groups in total. The summed E-state index contributed by atoms with van der Waals surface area (Å²) in [5, 5.41) is 0. The maximum Gasteiger partial charge on any atom is 0.148 e. The van der Waals surface area contributed by atoms with Crippen molar-refractivity contribution in [3.05, 3.63) is 29.8 Å². The van der Waals surface area contributed by atoms with E-state index in [-0.39, 0.29) is 6.54 Å². The van der Waals surface area contributed by atoms with Crippen LogP contribution in [0, 0.1) is 0 Å². The summed E-state index contributed by atoms with van der Waals surface area (Å²) in [4.78, 5) is 0. The van der Waals surface area contributed by atoms with E-state index in [0.29, 0.717) is 18.6 Å². The fourth-order valence-electron chi connectivity index (χ4n) is 1.83. The lowest BCUT2D eigenvalue weighted by Gasteiger charge is -2.23. The van der Waals surface area contributed by atoms with E-state index < -0.39 is 5.67 Å². The van der Waals surface area contributed by atoms with Crippen LogP contribution < -0.4 is 10.5 Å². The van der Waals surface area contributed by atoms with Crippen LogP contribution in [0.1, 0.15) is 38.7 Å². The molecule has 1 rings (SSSR count). The minimum absolute atomic E-state index is 0.0238. The quantitative estimate of drug-likeness (QED) is 0.791. The van der Waals surface area contributed by atoms with Crippen LogP contribution in [0.3, 0.4) is 0 Å². The van der Waals surface area contributed by atoms with E-state index in [0.717, 1.165) is 18.6 Å². The maximum atomic E-state index is 14.5. The molecule has 0 aromatic heterocycles. The molecule has 0 bridgehead atoms. The van der Waals surface area contributed by atoms with Crippen molar-refractivity contribution in [1.82, 2.24) is 0 Å². The molecule has 2 nitrogen and oxygen atoms in total. The molecule has 3 heteroatoms. The van der Waals surface area contributed by atoms with Gasteiger partial charge < -0.3 is 10.5 Å². The van der Waals surface area contributed by atoms with Crippen LogP contribution in [0.2, 0.25) is 0 Å². The molecule has 0 saturated carbocycles. The predicted octanol–water partition coefficient (Wildman–Crippen LogP) is 3.40. The molecule has 1 aromatic rings. The van der Waals surface area contributed by atoms with E-state index in [2.05, 4.69) is 6.92 Å². The van der Waals surface area contributed by atoms with Crippen LogP contribution in [0.25, 0.3) is 0 Å². The van der Waals surface area contributed by atoms with Gasteiger partial charge in [-0.05, 0) is 30.5 Å². The van der Waals surface area contributed by atoms with Crippen molar-refractivity contribution in [2.45, 2.75) is 38.8 Å². The Morgan fingerprint density at radius 2 is 1.82 bits per heavy atom. The SMILES string of the molecule is CCCOc1ccc(C(F)(CN)CCC)cc1. The molecule has 0 amide bonds. The zero-order chi connectivity index (χ0) is 12.7. The van der Waals surface area contributed by atoms with E-state index in [1.54, 1.807) is 12.1 Å². The number of benzene rings is 1. The van der Waals surface area contributed by atoms with Crippen molar-refractivity contribution in [2.24, 2.45) is 5.73 Å². The number of alkyl halides is 1. The van der Waals surface area contributed by atoms with E-state index in [9.17, 15) is 4.39 Å². The van der Waals surface area contributed by atoms with Crippen LogP contribution in [0.4, 0.5) is 4.39 Å². The third-order valence-electron chi connectivity index (χ3n) is 2.81. The van der Waals surface area contributed by atoms with Gasteiger partial charge in [0.2, 0.25) is 0 Å². The first-order valence-corrected chi connectivity index (χ1v) is 6.28. The lowest BCUT2D eigenvalue weighted by atomic mass is 9.91. The summed E-state index contributed by atoms with van der Waals surface area (Å²) < 4.78 is 19.9. The molecule has 0 spiro atoms. The first-order chi connectivity index (χ1) is 8.16. The Balaban J connectivity index is 2.77. The molecule has 0 aliphatic rings. The standard InChI is InChI=1S/C14H22FNO/c1-3-9-14(15,11-16)12-5-7-13(8-6-12)17-10-4-2/h5-8H,3-4,9-11,16H2,1-2H3. The predicted molar refractivity (Wildman–Crippen MR) is 69.0 cm³/mol. The van der Waals surface area contributed by atoms with Gasteiger partial charge in [-0.15, -0.1) is 0 Å². The van der Waals surface area contributed by atoms with E-state index in [1.807, 2.05) is 19.1 Å². The molecular weight excluding hydrogens is 217 g/mol. The fraction of sp³-hybridized carbons (Fsp3) is 0.571. The molecule has 1 atom stereocenters. The molecule has 0 aliphatic carbocycles. The molecule has 0 radical (unpaired) electrons. The Labute approximate surface area is 103 Å². The molecule has 96 valence electrons. The minimum atomic E-state index is -1.40. The summed E-state index contributed by atoms with van der Waals surface area (Å²) in [6.45, 7) is 4.72. The van der Waals surface area contributed by atoms with E-state index >= 15 is 0 Å². The van der Waals surface area contributed by atoms with Crippen molar-refractivity contribution in [3.63, 3.8) is 0 Å².